The first-order chi connectivity index (χ1) is 7.15. The highest BCUT2D eigenvalue weighted by Crippen LogP contribution is 2.35. The van der Waals surface area contributed by atoms with E-state index in [9.17, 15) is 5.11 Å². The summed E-state index contributed by atoms with van der Waals surface area (Å²) < 4.78 is 1.97. The van der Waals surface area contributed by atoms with E-state index < -0.39 is 0 Å². The monoisotopic (exact) mass is 224 g/mol. The Kier molecular flexibility index (Phi) is 2.59. The average Bonchev–Trinajstić information content (AvgIpc) is 2.51. The number of fused-ring (bicyclic) bond motifs is 1. The Morgan fingerprint density at radius 1 is 1.47 bits per heavy atom. The maximum Gasteiger partial charge on any atom is 0.143 e. The SMILES string of the molecule is Cn1cc(CCN)c2c(O)c(Cl)ccc21. The number of halogens is 1. The molecule has 2 rings (SSSR count). The van der Waals surface area contributed by atoms with Crippen molar-refractivity contribution in [3.63, 3.8) is 0 Å². The third-order valence-electron chi connectivity index (χ3n) is 2.57. The number of aromatic nitrogens is 1. The van der Waals surface area contributed by atoms with Crippen LogP contribution in [0, 0.1) is 0 Å². The Hall–Kier alpha value is -1.19. The van der Waals surface area contributed by atoms with Gasteiger partial charge in [0.2, 0.25) is 0 Å². The first-order valence-electron chi connectivity index (χ1n) is 4.80. The van der Waals surface area contributed by atoms with E-state index in [2.05, 4.69) is 0 Å². The molecule has 0 saturated heterocycles. The van der Waals surface area contributed by atoms with Crippen molar-refractivity contribution in [1.29, 1.82) is 0 Å². The average molecular weight is 225 g/mol. The van der Waals surface area contributed by atoms with Crippen molar-refractivity contribution in [1.82, 2.24) is 4.57 Å². The molecule has 0 atom stereocenters. The second kappa shape index (κ2) is 3.76. The maximum absolute atomic E-state index is 9.89. The highest BCUT2D eigenvalue weighted by atomic mass is 35.5. The van der Waals surface area contributed by atoms with Crippen LogP contribution in [0.3, 0.4) is 0 Å². The molecule has 0 unspecified atom stereocenters. The second-order valence-corrected chi connectivity index (χ2v) is 4.00. The van der Waals surface area contributed by atoms with Crippen molar-refractivity contribution in [3.05, 3.63) is 28.9 Å². The van der Waals surface area contributed by atoms with Crippen LogP contribution in [0.25, 0.3) is 10.9 Å². The number of aromatic hydroxyl groups is 1. The summed E-state index contributed by atoms with van der Waals surface area (Å²) >= 11 is 5.88. The fourth-order valence-electron chi connectivity index (χ4n) is 1.88. The summed E-state index contributed by atoms with van der Waals surface area (Å²) in [4.78, 5) is 0. The van der Waals surface area contributed by atoms with E-state index in [1.807, 2.05) is 23.9 Å². The molecule has 0 spiro atoms. The first-order valence-corrected chi connectivity index (χ1v) is 5.18. The van der Waals surface area contributed by atoms with Gasteiger partial charge in [0.05, 0.1) is 10.5 Å². The minimum atomic E-state index is 0.151. The van der Waals surface area contributed by atoms with Crippen LogP contribution < -0.4 is 5.73 Å². The van der Waals surface area contributed by atoms with Crippen LogP contribution in [0.1, 0.15) is 5.56 Å². The molecular formula is C11H13ClN2O. The van der Waals surface area contributed by atoms with Gasteiger partial charge in [-0.3, -0.25) is 0 Å². The zero-order valence-electron chi connectivity index (χ0n) is 8.50. The fourth-order valence-corrected chi connectivity index (χ4v) is 2.04. The number of aryl methyl sites for hydroxylation is 1. The number of phenols is 1. The van der Waals surface area contributed by atoms with Gasteiger partial charge in [-0.25, -0.2) is 0 Å². The Morgan fingerprint density at radius 3 is 2.87 bits per heavy atom. The number of nitrogens with zero attached hydrogens (tertiary/aromatic N) is 1. The molecule has 1 aromatic carbocycles. The van der Waals surface area contributed by atoms with E-state index >= 15 is 0 Å². The van der Waals surface area contributed by atoms with Crippen molar-refractivity contribution < 1.29 is 5.11 Å². The molecule has 0 saturated carbocycles. The highest BCUT2D eigenvalue weighted by Gasteiger charge is 2.12. The summed E-state index contributed by atoms with van der Waals surface area (Å²) in [5, 5.41) is 11.1. The van der Waals surface area contributed by atoms with Crippen molar-refractivity contribution >= 4 is 22.5 Å². The summed E-state index contributed by atoms with van der Waals surface area (Å²) in [6.45, 7) is 0.561. The van der Waals surface area contributed by atoms with Gasteiger partial charge in [0.1, 0.15) is 5.75 Å². The Balaban J connectivity index is 2.77. The van der Waals surface area contributed by atoms with Crippen LogP contribution >= 0.6 is 11.6 Å². The lowest BCUT2D eigenvalue weighted by Gasteiger charge is -2.01. The number of hydrogen-bond acceptors (Lipinski definition) is 2. The quantitative estimate of drug-likeness (QED) is 0.820. The van der Waals surface area contributed by atoms with E-state index in [4.69, 9.17) is 17.3 Å². The van der Waals surface area contributed by atoms with Gasteiger partial charge in [0.25, 0.3) is 0 Å². The van der Waals surface area contributed by atoms with E-state index in [0.717, 1.165) is 22.9 Å². The number of hydrogen-bond donors (Lipinski definition) is 2. The third kappa shape index (κ3) is 1.58. The fraction of sp³-hybridized carbons (Fsp3) is 0.273. The molecule has 1 heterocycles. The zero-order chi connectivity index (χ0) is 11.0. The van der Waals surface area contributed by atoms with Crippen LogP contribution in [0.5, 0.6) is 5.75 Å². The molecule has 3 N–H and O–H groups in total. The number of nitrogens with two attached hydrogens (primary N) is 1. The van der Waals surface area contributed by atoms with Crippen molar-refractivity contribution in [2.24, 2.45) is 12.8 Å². The Bertz CT molecular complexity index is 505. The lowest BCUT2D eigenvalue weighted by Crippen LogP contribution is -2.02. The van der Waals surface area contributed by atoms with Gasteiger partial charge in [-0.15, -0.1) is 0 Å². The van der Waals surface area contributed by atoms with Crippen molar-refractivity contribution in [3.8, 4) is 5.75 Å². The lowest BCUT2D eigenvalue weighted by molar-refractivity contribution is 0.481. The highest BCUT2D eigenvalue weighted by molar-refractivity contribution is 6.33. The third-order valence-corrected chi connectivity index (χ3v) is 2.88. The van der Waals surface area contributed by atoms with Gasteiger partial charge < -0.3 is 15.4 Å². The van der Waals surface area contributed by atoms with Crippen LogP contribution in [-0.4, -0.2) is 16.2 Å². The number of phenolic OH excluding ortho intramolecular Hbond substituents is 1. The minimum Gasteiger partial charge on any atom is -0.506 e. The summed E-state index contributed by atoms with van der Waals surface area (Å²) in [6.07, 6.45) is 2.72. The normalized spacial score (nSPS) is 11.1. The molecule has 1 aromatic heterocycles. The molecule has 0 bridgehead atoms. The summed E-state index contributed by atoms with van der Waals surface area (Å²) in [5.41, 5.74) is 7.53. The van der Waals surface area contributed by atoms with Crippen molar-refractivity contribution in [2.75, 3.05) is 6.54 Å². The summed E-state index contributed by atoms with van der Waals surface area (Å²) in [7, 11) is 1.94. The van der Waals surface area contributed by atoms with E-state index in [-0.39, 0.29) is 5.75 Å². The summed E-state index contributed by atoms with van der Waals surface area (Å²) in [5.74, 6) is 0.151. The molecular weight excluding hydrogens is 212 g/mol. The van der Waals surface area contributed by atoms with Crippen LogP contribution in [0.15, 0.2) is 18.3 Å². The van der Waals surface area contributed by atoms with E-state index in [0.29, 0.717) is 11.6 Å². The van der Waals surface area contributed by atoms with Gasteiger partial charge in [0, 0.05) is 18.6 Å². The van der Waals surface area contributed by atoms with Gasteiger partial charge >= 0.3 is 0 Å². The Labute approximate surface area is 93.1 Å². The summed E-state index contributed by atoms with van der Waals surface area (Å²) in [6, 6.07) is 3.60. The van der Waals surface area contributed by atoms with Crippen LogP contribution in [0.2, 0.25) is 5.02 Å². The molecule has 15 heavy (non-hydrogen) atoms. The number of rotatable bonds is 2. The minimum absolute atomic E-state index is 0.151. The van der Waals surface area contributed by atoms with Gasteiger partial charge in [-0.05, 0) is 30.7 Å². The first kappa shape index (κ1) is 10.3. The smallest absolute Gasteiger partial charge is 0.143 e. The maximum atomic E-state index is 9.89. The molecule has 4 heteroatoms. The molecule has 2 aromatic rings. The predicted molar refractivity (Wildman–Crippen MR) is 62.4 cm³/mol. The molecule has 0 fully saturated rings. The largest absolute Gasteiger partial charge is 0.506 e. The van der Waals surface area contributed by atoms with Gasteiger partial charge in [-0.2, -0.15) is 0 Å². The molecule has 0 radical (unpaired) electrons. The second-order valence-electron chi connectivity index (χ2n) is 3.59. The molecule has 0 aliphatic rings. The zero-order valence-corrected chi connectivity index (χ0v) is 9.25. The van der Waals surface area contributed by atoms with Crippen molar-refractivity contribution in [2.45, 2.75) is 6.42 Å². The molecule has 0 aliphatic carbocycles. The number of benzene rings is 1. The molecule has 0 amide bonds. The van der Waals surface area contributed by atoms with Gasteiger partial charge in [-0.1, -0.05) is 11.6 Å². The van der Waals surface area contributed by atoms with Crippen LogP contribution in [0.4, 0.5) is 0 Å². The molecule has 80 valence electrons. The van der Waals surface area contributed by atoms with E-state index in [1.165, 1.54) is 0 Å². The Morgan fingerprint density at radius 2 is 2.20 bits per heavy atom. The van der Waals surface area contributed by atoms with Crippen LogP contribution in [-0.2, 0) is 13.5 Å². The predicted octanol–water partition coefficient (Wildman–Crippen LogP) is 2.04. The molecule has 3 nitrogen and oxygen atoms in total. The topological polar surface area (TPSA) is 51.2 Å². The van der Waals surface area contributed by atoms with E-state index in [1.54, 1.807) is 6.07 Å². The molecule has 0 aliphatic heterocycles. The lowest BCUT2D eigenvalue weighted by atomic mass is 10.1. The standard InChI is InChI=1S/C11H13ClN2O/c1-14-6-7(4-5-13)10-9(14)3-2-8(12)11(10)15/h2-3,6,15H,4-5,13H2,1H3. The van der Waals surface area contributed by atoms with Gasteiger partial charge in [0.15, 0.2) is 0 Å².